The van der Waals surface area contributed by atoms with Crippen LogP contribution in [0.3, 0.4) is 0 Å². The summed E-state index contributed by atoms with van der Waals surface area (Å²) in [6.07, 6.45) is 4.72. The van der Waals surface area contributed by atoms with E-state index in [4.69, 9.17) is 11.6 Å². The van der Waals surface area contributed by atoms with E-state index in [1.807, 2.05) is 12.3 Å². The monoisotopic (exact) mass is 348 g/mol. The van der Waals surface area contributed by atoms with Crippen molar-refractivity contribution in [2.24, 2.45) is 0 Å². The minimum absolute atomic E-state index is 0.510. The number of halogens is 2. The molecule has 1 unspecified atom stereocenters. The molecule has 0 aliphatic carbocycles. The SMILES string of the molecule is CCCn1ccnc1CC(O)c1cc(Br)c(Cl)s1. The Morgan fingerprint density at radius 2 is 2.39 bits per heavy atom. The Kier molecular flexibility index (Phi) is 4.84. The Labute approximate surface area is 124 Å². The van der Waals surface area contributed by atoms with Crippen LogP contribution < -0.4 is 0 Å². The van der Waals surface area contributed by atoms with E-state index in [0.717, 1.165) is 28.1 Å². The molecule has 6 heteroatoms. The Hall–Kier alpha value is -0.360. The standard InChI is InChI=1S/C12H14BrClN2OS/c1-2-4-16-5-3-15-11(16)7-9(17)10-6-8(13)12(14)18-10/h3,5-6,9,17H,2,4,7H2,1H3. The van der Waals surface area contributed by atoms with E-state index in [2.05, 4.69) is 32.4 Å². The average Bonchev–Trinajstić information content (AvgIpc) is 2.88. The fourth-order valence-corrected chi connectivity index (χ4v) is 3.50. The van der Waals surface area contributed by atoms with Crippen molar-refractivity contribution in [1.29, 1.82) is 0 Å². The number of aryl methyl sites for hydroxylation is 1. The molecule has 0 aromatic carbocycles. The van der Waals surface area contributed by atoms with Crippen LogP contribution in [0.5, 0.6) is 0 Å². The summed E-state index contributed by atoms with van der Waals surface area (Å²) < 4.78 is 3.58. The highest BCUT2D eigenvalue weighted by molar-refractivity contribution is 9.10. The lowest BCUT2D eigenvalue weighted by Gasteiger charge is -2.10. The molecule has 1 N–H and O–H groups in total. The van der Waals surface area contributed by atoms with Crippen molar-refractivity contribution >= 4 is 38.9 Å². The van der Waals surface area contributed by atoms with Gasteiger partial charge in [0.15, 0.2) is 0 Å². The molecule has 0 radical (unpaired) electrons. The Bertz CT molecular complexity index is 506. The van der Waals surface area contributed by atoms with Gasteiger partial charge in [-0.25, -0.2) is 4.98 Å². The van der Waals surface area contributed by atoms with E-state index in [1.165, 1.54) is 11.3 Å². The van der Waals surface area contributed by atoms with Crippen molar-refractivity contribution < 1.29 is 5.11 Å². The third-order valence-electron chi connectivity index (χ3n) is 2.63. The molecule has 0 amide bonds. The summed E-state index contributed by atoms with van der Waals surface area (Å²) in [6.45, 7) is 3.05. The van der Waals surface area contributed by atoms with E-state index in [0.29, 0.717) is 10.8 Å². The first kappa shape index (κ1) is 14.1. The van der Waals surface area contributed by atoms with E-state index < -0.39 is 6.10 Å². The molecule has 2 aromatic rings. The van der Waals surface area contributed by atoms with Gasteiger partial charge in [0.1, 0.15) is 10.2 Å². The van der Waals surface area contributed by atoms with Crippen molar-refractivity contribution in [1.82, 2.24) is 9.55 Å². The van der Waals surface area contributed by atoms with E-state index in [9.17, 15) is 5.11 Å². The number of imidazole rings is 1. The fourth-order valence-electron chi connectivity index (χ4n) is 1.78. The molecule has 2 rings (SSSR count). The number of aromatic nitrogens is 2. The smallest absolute Gasteiger partial charge is 0.111 e. The highest BCUT2D eigenvalue weighted by Gasteiger charge is 2.16. The van der Waals surface area contributed by atoms with Gasteiger partial charge in [-0.2, -0.15) is 0 Å². The van der Waals surface area contributed by atoms with Crippen LogP contribution in [-0.4, -0.2) is 14.7 Å². The van der Waals surface area contributed by atoms with E-state index in [1.54, 1.807) is 6.20 Å². The average molecular weight is 350 g/mol. The molecule has 0 fully saturated rings. The van der Waals surface area contributed by atoms with Crippen LogP contribution in [0.15, 0.2) is 22.9 Å². The number of nitrogens with zero attached hydrogens (tertiary/aromatic N) is 2. The first-order valence-electron chi connectivity index (χ1n) is 5.74. The van der Waals surface area contributed by atoms with Gasteiger partial charge in [0.05, 0.1) is 6.10 Å². The van der Waals surface area contributed by atoms with Gasteiger partial charge in [0.2, 0.25) is 0 Å². The molecule has 0 saturated heterocycles. The summed E-state index contributed by atoms with van der Waals surface area (Å²) in [5.41, 5.74) is 0. The van der Waals surface area contributed by atoms with Gasteiger partial charge in [0, 0.05) is 34.7 Å². The van der Waals surface area contributed by atoms with E-state index >= 15 is 0 Å². The van der Waals surface area contributed by atoms with Crippen molar-refractivity contribution in [3.63, 3.8) is 0 Å². The van der Waals surface area contributed by atoms with Crippen molar-refractivity contribution in [3.05, 3.63) is 38.0 Å². The van der Waals surface area contributed by atoms with Crippen molar-refractivity contribution in [3.8, 4) is 0 Å². The molecule has 0 bridgehead atoms. The van der Waals surface area contributed by atoms with Crippen LogP contribution in [0.1, 0.15) is 30.2 Å². The maximum Gasteiger partial charge on any atom is 0.111 e. The topological polar surface area (TPSA) is 38.0 Å². The molecule has 98 valence electrons. The third kappa shape index (κ3) is 3.15. The van der Waals surface area contributed by atoms with Gasteiger partial charge in [0.25, 0.3) is 0 Å². The number of hydrogen-bond donors (Lipinski definition) is 1. The summed E-state index contributed by atoms with van der Waals surface area (Å²) in [7, 11) is 0. The first-order chi connectivity index (χ1) is 8.61. The van der Waals surface area contributed by atoms with Gasteiger partial charge in [-0.15, -0.1) is 11.3 Å². The van der Waals surface area contributed by atoms with Crippen LogP contribution in [0, 0.1) is 0 Å². The maximum atomic E-state index is 10.2. The number of aliphatic hydroxyl groups excluding tert-OH is 1. The van der Waals surface area contributed by atoms with Gasteiger partial charge < -0.3 is 9.67 Å². The summed E-state index contributed by atoms with van der Waals surface area (Å²) >= 11 is 10.7. The molecule has 0 aliphatic heterocycles. The molecule has 2 heterocycles. The summed E-state index contributed by atoms with van der Waals surface area (Å²) in [4.78, 5) is 5.15. The van der Waals surface area contributed by atoms with Gasteiger partial charge in [-0.05, 0) is 28.4 Å². The third-order valence-corrected chi connectivity index (χ3v) is 5.21. The first-order valence-corrected chi connectivity index (χ1v) is 7.73. The zero-order chi connectivity index (χ0) is 13.1. The quantitative estimate of drug-likeness (QED) is 0.884. The second-order valence-electron chi connectivity index (χ2n) is 4.03. The minimum Gasteiger partial charge on any atom is -0.387 e. The normalized spacial score (nSPS) is 12.9. The molecule has 2 aromatic heterocycles. The molecule has 0 saturated carbocycles. The van der Waals surface area contributed by atoms with Gasteiger partial charge in [-0.1, -0.05) is 18.5 Å². The number of rotatable bonds is 5. The van der Waals surface area contributed by atoms with Crippen LogP contribution in [-0.2, 0) is 13.0 Å². The largest absolute Gasteiger partial charge is 0.387 e. The van der Waals surface area contributed by atoms with Crippen LogP contribution in [0.25, 0.3) is 0 Å². The molecular formula is C12H14BrClN2OS. The second-order valence-corrected chi connectivity index (χ2v) is 6.57. The molecular weight excluding hydrogens is 336 g/mol. The predicted octanol–water partition coefficient (Wildman–Crippen LogP) is 4.05. The summed E-state index contributed by atoms with van der Waals surface area (Å²) in [5, 5.41) is 10.2. The highest BCUT2D eigenvalue weighted by atomic mass is 79.9. The Morgan fingerprint density at radius 3 is 3.00 bits per heavy atom. The Morgan fingerprint density at radius 1 is 1.61 bits per heavy atom. The van der Waals surface area contributed by atoms with Crippen LogP contribution >= 0.6 is 38.9 Å². The van der Waals surface area contributed by atoms with Crippen molar-refractivity contribution in [2.75, 3.05) is 0 Å². The zero-order valence-corrected chi connectivity index (χ0v) is 13.1. The maximum absolute atomic E-state index is 10.2. The molecule has 18 heavy (non-hydrogen) atoms. The van der Waals surface area contributed by atoms with Crippen LogP contribution in [0.4, 0.5) is 0 Å². The lowest BCUT2D eigenvalue weighted by molar-refractivity contribution is 0.178. The highest BCUT2D eigenvalue weighted by Crippen LogP contribution is 2.35. The molecule has 0 spiro atoms. The summed E-state index contributed by atoms with van der Waals surface area (Å²) in [6, 6.07) is 1.87. The number of thiophene rings is 1. The van der Waals surface area contributed by atoms with Gasteiger partial charge >= 0.3 is 0 Å². The predicted molar refractivity (Wildman–Crippen MR) is 78.2 cm³/mol. The zero-order valence-electron chi connectivity index (χ0n) is 9.94. The van der Waals surface area contributed by atoms with E-state index in [-0.39, 0.29) is 0 Å². The number of aliphatic hydroxyl groups is 1. The van der Waals surface area contributed by atoms with Crippen LogP contribution in [0.2, 0.25) is 4.34 Å². The minimum atomic E-state index is -0.559. The number of hydrogen-bond acceptors (Lipinski definition) is 3. The molecule has 1 atom stereocenters. The fraction of sp³-hybridized carbons (Fsp3) is 0.417. The van der Waals surface area contributed by atoms with Gasteiger partial charge in [-0.3, -0.25) is 0 Å². The summed E-state index contributed by atoms with van der Waals surface area (Å²) in [5.74, 6) is 0.907. The van der Waals surface area contributed by atoms with Crippen molar-refractivity contribution in [2.45, 2.75) is 32.4 Å². The Balaban J connectivity index is 2.10. The second kappa shape index (κ2) is 6.19. The lowest BCUT2D eigenvalue weighted by atomic mass is 10.2. The lowest BCUT2D eigenvalue weighted by Crippen LogP contribution is -2.08. The molecule has 0 aliphatic rings. The molecule has 3 nitrogen and oxygen atoms in total.